The number of amides is 1. The van der Waals surface area contributed by atoms with E-state index in [4.69, 9.17) is 0 Å². The summed E-state index contributed by atoms with van der Waals surface area (Å²) >= 11 is 0. The van der Waals surface area contributed by atoms with Crippen LogP contribution in [-0.4, -0.2) is 17.1 Å². The Morgan fingerprint density at radius 1 is 1.17 bits per heavy atom. The number of fused-ring (bicyclic) bond motifs is 1. The molecule has 4 heteroatoms. The van der Waals surface area contributed by atoms with Crippen molar-refractivity contribution in [3.05, 3.63) is 71.4 Å². The summed E-state index contributed by atoms with van der Waals surface area (Å²) in [5, 5.41) is 5.28. The number of hydrogen-bond acceptors (Lipinski definition) is 2. The zero-order valence-electron chi connectivity index (χ0n) is 13.5. The van der Waals surface area contributed by atoms with E-state index in [0.717, 1.165) is 28.6 Å². The number of aromatic nitrogens is 1. The first kappa shape index (κ1) is 14.7. The number of nitrogens with one attached hydrogen (secondary N) is 2. The second-order valence-electron chi connectivity index (χ2n) is 6.30. The van der Waals surface area contributed by atoms with Crippen LogP contribution >= 0.6 is 0 Å². The Hall–Kier alpha value is -2.88. The number of para-hydroxylation sites is 1. The third kappa shape index (κ3) is 2.71. The van der Waals surface area contributed by atoms with Crippen LogP contribution in [-0.2, 0) is 4.79 Å². The highest BCUT2D eigenvalue weighted by atomic mass is 16.2. The Morgan fingerprint density at radius 3 is 2.75 bits per heavy atom. The molecule has 0 radical (unpaired) electrons. The number of aryl methyl sites for hydroxylation is 1. The van der Waals surface area contributed by atoms with Gasteiger partial charge in [0.15, 0.2) is 0 Å². The first-order chi connectivity index (χ1) is 11.7. The van der Waals surface area contributed by atoms with Gasteiger partial charge in [0.05, 0.1) is 6.21 Å². The van der Waals surface area contributed by atoms with Gasteiger partial charge in [-0.1, -0.05) is 48.5 Å². The van der Waals surface area contributed by atoms with Crippen molar-refractivity contribution in [3.8, 4) is 0 Å². The fourth-order valence-electron chi connectivity index (χ4n) is 3.26. The lowest BCUT2D eigenvalue weighted by atomic mass is 10.1. The van der Waals surface area contributed by atoms with Crippen molar-refractivity contribution in [1.29, 1.82) is 0 Å². The normalized spacial score (nSPS) is 19.7. The summed E-state index contributed by atoms with van der Waals surface area (Å²) in [6.07, 6.45) is 2.63. The number of carbonyl (C=O) groups is 1. The van der Waals surface area contributed by atoms with Gasteiger partial charge in [0.1, 0.15) is 0 Å². The van der Waals surface area contributed by atoms with Gasteiger partial charge < -0.3 is 4.98 Å². The molecule has 0 aliphatic heterocycles. The minimum Gasteiger partial charge on any atom is -0.358 e. The highest BCUT2D eigenvalue weighted by molar-refractivity contribution is 6.00. The fourth-order valence-corrected chi connectivity index (χ4v) is 3.26. The Morgan fingerprint density at radius 2 is 1.92 bits per heavy atom. The molecule has 3 aromatic rings. The summed E-state index contributed by atoms with van der Waals surface area (Å²) in [5.74, 6) is 0.363. The molecule has 2 atom stereocenters. The van der Waals surface area contributed by atoms with E-state index in [0.29, 0.717) is 5.92 Å². The minimum atomic E-state index is -0.00222. The van der Waals surface area contributed by atoms with Crippen molar-refractivity contribution in [1.82, 2.24) is 10.4 Å². The molecule has 1 aliphatic rings. The predicted molar refractivity (Wildman–Crippen MR) is 96.1 cm³/mol. The molecule has 120 valence electrons. The SMILES string of the molecule is Cc1[nH]c2ccccc2c1/C=N\NC(=O)[C@@H]1C[C@@H]1c1ccccc1. The average molecular weight is 317 g/mol. The number of benzene rings is 2. The van der Waals surface area contributed by atoms with Gasteiger partial charge in [-0.25, -0.2) is 5.43 Å². The predicted octanol–water partition coefficient (Wildman–Crippen LogP) is 3.73. The van der Waals surface area contributed by atoms with Gasteiger partial charge in [-0.05, 0) is 30.9 Å². The smallest absolute Gasteiger partial charge is 0.243 e. The van der Waals surface area contributed by atoms with E-state index in [9.17, 15) is 4.79 Å². The third-order valence-electron chi connectivity index (χ3n) is 4.67. The summed E-state index contributed by atoms with van der Waals surface area (Å²) in [5.41, 5.74) is 7.06. The van der Waals surface area contributed by atoms with E-state index in [2.05, 4.69) is 27.6 Å². The summed E-state index contributed by atoms with van der Waals surface area (Å²) in [6, 6.07) is 18.3. The lowest BCUT2D eigenvalue weighted by Crippen LogP contribution is -2.20. The molecule has 1 aromatic heterocycles. The number of aromatic amines is 1. The molecular weight excluding hydrogens is 298 g/mol. The van der Waals surface area contributed by atoms with Gasteiger partial charge in [0.2, 0.25) is 5.91 Å². The van der Waals surface area contributed by atoms with Crippen LogP contribution in [0.1, 0.15) is 29.2 Å². The third-order valence-corrected chi connectivity index (χ3v) is 4.67. The average Bonchev–Trinajstić information content (AvgIpc) is 3.35. The van der Waals surface area contributed by atoms with E-state index < -0.39 is 0 Å². The zero-order valence-corrected chi connectivity index (χ0v) is 13.5. The van der Waals surface area contributed by atoms with Crippen LogP contribution in [0.3, 0.4) is 0 Å². The van der Waals surface area contributed by atoms with E-state index in [1.165, 1.54) is 5.56 Å². The Bertz CT molecular complexity index is 911. The van der Waals surface area contributed by atoms with E-state index in [-0.39, 0.29) is 11.8 Å². The maximum Gasteiger partial charge on any atom is 0.243 e. The van der Waals surface area contributed by atoms with Crippen molar-refractivity contribution in [3.63, 3.8) is 0 Å². The number of rotatable bonds is 4. The lowest BCUT2D eigenvalue weighted by Gasteiger charge is -2.00. The second-order valence-corrected chi connectivity index (χ2v) is 6.30. The molecule has 1 aliphatic carbocycles. The maximum absolute atomic E-state index is 12.2. The summed E-state index contributed by atoms with van der Waals surface area (Å²) in [7, 11) is 0. The number of hydrogen-bond donors (Lipinski definition) is 2. The highest BCUT2D eigenvalue weighted by Crippen LogP contribution is 2.47. The largest absolute Gasteiger partial charge is 0.358 e. The number of hydrazone groups is 1. The first-order valence-electron chi connectivity index (χ1n) is 8.19. The molecule has 1 amide bonds. The Kier molecular flexibility index (Phi) is 3.65. The van der Waals surface area contributed by atoms with Crippen LogP contribution in [0.25, 0.3) is 10.9 Å². The molecular formula is C20H19N3O. The number of nitrogens with zero attached hydrogens (tertiary/aromatic N) is 1. The van der Waals surface area contributed by atoms with Crippen molar-refractivity contribution in [2.75, 3.05) is 0 Å². The molecule has 4 nitrogen and oxygen atoms in total. The van der Waals surface area contributed by atoms with Crippen LogP contribution in [0.2, 0.25) is 0 Å². The molecule has 24 heavy (non-hydrogen) atoms. The van der Waals surface area contributed by atoms with E-state index >= 15 is 0 Å². The minimum absolute atomic E-state index is 0.00222. The molecule has 1 heterocycles. The zero-order chi connectivity index (χ0) is 16.5. The second kappa shape index (κ2) is 5.96. The number of carbonyl (C=O) groups excluding carboxylic acids is 1. The van der Waals surface area contributed by atoms with Crippen LogP contribution in [0.15, 0.2) is 59.7 Å². The van der Waals surface area contributed by atoms with Crippen molar-refractivity contribution < 1.29 is 4.79 Å². The Labute approximate surface area is 140 Å². The monoisotopic (exact) mass is 317 g/mol. The Balaban J connectivity index is 1.43. The standard InChI is InChI=1S/C20H19N3O/c1-13-18(15-9-5-6-10-19(15)22-13)12-21-23-20(24)17-11-16(17)14-7-3-2-4-8-14/h2-10,12,16-17,22H,11H2,1H3,(H,23,24)/b21-12-/t16-,17-/m1/s1. The molecule has 0 bridgehead atoms. The molecule has 0 saturated heterocycles. The van der Waals surface area contributed by atoms with Crippen molar-refractivity contribution in [2.24, 2.45) is 11.0 Å². The van der Waals surface area contributed by atoms with Gasteiger partial charge in [0, 0.05) is 28.1 Å². The van der Waals surface area contributed by atoms with Crippen molar-refractivity contribution >= 4 is 23.0 Å². The van der Waals surface area contributed by atoms with Gasteiger partial charge >= 0.3 is 0 Å². The molecule has 1 fully saturated rings. The van der Waals surface area contributed by atoms with Gasteiger partial charge in [-0.15, -0.1) is 0 Å². The van der Waals surface area contributed by atoms with Crippen LogP contribution in [0.5, 0.6) is 0 Å². The molecule has 0 spiro atoms. The summed E-state index contributed by atoms with van der Waals surface area (Å²) < 4.78 is 0. The highest BCUT2D eigenvalue weighted by Gasteiger charge is 2.43. The quantitative estimate of drug-likeness (QED) is 0.559. The summed E-state index contributed by atoms with van der Waals surface area (Å²) in [4.78, 5) is 15.6. The molecule has 0 unspecified atom stereocenters. The van der Waals surface area contributed by atoms with Crippen LogP contribution in [0.4, 0.5) is 0 Å². The number of H-pyrrole nitrogens is 1. The van der Waals surface area contributed by atoms with Crippen LogP contribution in [0, 0.1) is 12.8 Å². The van der Waals surface area contributed by atoms with Gasteiger partial charge in [-0.2, -0.15) is 5.10 Å². The lowest BCUT2D eigenvalue weighted by molar-refractivity contribution is -0.122. The topological polar surface area (TPSA) is 57.2 Å². The fraction of sp³-hybridized carbons (Fsp3) is 0.200. The van der Waals surface area contributed by atoms with Crippen LogP contribution < -0.4 is 5.43 Å². The summed E-state index contributed by atoms with van der Waals surface area (Å²) in [6.45, 7) is 2.01. The molecule has 2 aromatic carbocycles. The molecule has 2 N–H and O–H groups in total. The van der Waals surface area contributed by atoms with E-state index in [1.54, 1.807) is 6.21 Å². The molecule has 1 saturated carbocycles. The molecule has 4 rings (SSSR count). The van der Waals surface area contributed by atoms with Crippen molar-refractivity contribution in [2.45, 2.75) is 19.3 Å². The maximum atomic E-state index is 12.2. The van der Waals surface area contributed by atoms with E-state index in [1.807, 2.05) is 49.4 Å². The van der Waals surface area contributed by atoms with Gasteiger partial charge in [-0.3, -0.25) is 4.79 Å². The van der Waals surface area contributed by atoms with Gasteiger partial charge in [0.25, 0.3) is 0 Å². The first-order valence-corrected chi connectivity index (χ1v) is 8.19.